The van der Waals surface area contributed by atoms with Gasteiger partial charge in [0.25, 0.3) is 0 Å². The topological polar surface area (TPSA) is 50.7 Å². The van der Waals surface area contributed by atoms with Crippen LogP contribution in [0.5, 0.6) is 11.5 Å². The van der Waals surface area contributed by atoms with Crippen LogP contribution in [0.4, 0.5) is 13.2 Å². The summed E-state index contributed by atoms with van der Waals surface area (Å²) in [6.07, 6.45) is -5.38. The molecule has 2 rings (SSSR count). The van der Waals surface area contributed by atoms with Crippen molar-refractivity contribution in [2.24, 2.45) is 0 Å². The van der Waals surface area contributed by atoms with Gasteiger partial charge in [-0.15, -0.1) is 13.2 Å². The number of methoxy groups -OCH3 is 1. The van der Waals surface area contributed by atoms with E-state index in [-0.39, 0.29) is 5.75 Å². The van der Waals surface area contributed by atoms with Gasteiger partial charge in [-0.1, -0.05) is 24.3 Å². The predicted octanol–water partition coefficient (Wildman–Crippen LogP) is 3.42. The molecule has 0 radical (unpaired) electrons. The van der Waals surface area contributed by atoms with Crippen molar-refractivity contribution in [1.29, 1.82) is 0 Å². The van der Waals surface area contributed by atoms with Crippen LogP contribution in [0.2, 0.25) is 0 Å². The highest BCUT2D eigenvalue weighted by Crippen LogP contribution is 2.22. The van der Waals surface area contributed by atoms with Crippen molar-refractivity contribution in [2.45, 2.75) is 19.0 Å². The molecule has 2 aromatic rings. The van der Waals surface area contributed by atoms with Gasteiger partial charge < -0.3 is 19.9 Å². The summed E-state index contributed by atoms with van der Waals surface area (Å²) >= 11 is 0. The molecule has 0 aliphatic rings. The Morgan fingerprint density at radius 2 is 1.58 bits per heavy atom. The first-order chi connectivity index (χ1) is 11.4. The average Bonchev–Trinajstić information content (AvgIpc) is 2.55. The largest absolute Gasteiger partial charge is 0.573 e. The highest BCUT2D eigenvalue weighted by Gasteiger charge is 2.30. The Morgan fingerprint density at radius 3 is 2.12 bits per heavy atom. The fourth-order valence-corrected chi connectivity index (χ4v) is 2.11. The molecule has 0 fully saturated rings. The number of hydrogen-bond acceptors (Lipinski definition) is 4. The Bertz CT molecular complexity index is 627. The van der Waals surface area contributed by atoms with Crippen molar-refractivity contribution < 1.29 is 27.8 Å². The summed E-state index contributed by atoms with van der Waals surface area (Å²) in [7, 11) is 1.57. The second kappa shape index (κ2) is 8.03. The van der Waals surface area contributed by atoms with Crippen LogP contribution >= 0.6 is 0 Å². The van der Waals surface area contributed by atoms with E-state index in [1.54, 1.807) is 31.4 Å². The third kappa shape index (κ3) is 5.75. The Balaban J connectivity index is 1.80. The molecule has 0 bridgehead atoms. The number of alkyl halides is 3. The third-order valence-corrected chi connectivity index (χ3v) is 3.32. The molecule has 0 saturated heterocycles. The van der Waals surface area contributed by atoms with E-state index in [1.165, 1.54) is 24.3 Å². The Kier molecular flexibility index (Phi) is 6.05. The fraction of sp³-hybridized carbons (Fsp3) is 0.294. The number of hydrogen-bond donors (Lipinski definition) is 2. The van der Waals surface area contributed by atoms with Gasteiger partial charge in [0, 0.05) is 13.1 Å². The van der Waals surface area contributed by atoms with Crippen molar-refractivity contribution >= 4 is 0 Å². The molecule has 0 saturated carbocycles. The maximum Gasteiger partial charge on any atom is 0.573 e. The lowest BCUT2D eigenvalue weighted by molar-refractivity contribution is -0.274. The van der Waals surface area contributed by atoms with Crippen molar-refractivity contribution in [3.8, 4) is 11.5 Å². The van der Waals surface area contributed by atoms with Gasteiger partial charge in [0.05, 0.1) is 13.2 Å². The van der Waals surface area contributed by atoms with E-state index in [0.717, 1.165) is 11.1 Å². The quantitative estimate of drug-likeness (QED) is 0.810. The predicted molar refractivity (Wildman–Crippen MR) is 82.8 cm³/mol. The normalized spacial score (nSPS) is 12.7. The minimum atomic E-state index is -4.69. The van der Waals surface area contributed by atoms with Gasteiger partial charge in [-0.3, -0.25) is 0 Å². The van der Waals surface area contributed by atoms with Gasteiger partial charge in [-0.2, -0.15) is 0 Å². The summed E-state index contributed by atoms with van der Waals surface area (Å²) in [6, 6.07) is 12.6. The minimum absolute atomic E-state index is 0.260. The van der Waals surface area contributed by atoms with Crippen LogP contribution in [0.1, 0.15) is 17.2 Å². The van der Waals surface area contributed by atoms with Gasteiger partial charge in [0.1, 0.15) is 11.5 Å². The highest BCUT2D eigenvalue weighted by molar-refractivity contribution is 5.29. The summed E-state index contributed by atoms with van der Waals surface area (Å²) in [4.78, 5) is 0. The van der Waals surface area contributed by atoms with E-state index in [4.69, 9.17) is 4.74 Å². The molecular weight excluding hydrogens is 323 g/mol. The van der Waals surface area contributed by atoms with E-state index in [2.05, 4.69) is 10.1 Å². The van der Waals surface area contributed by atoms with E-state index < -0.39 is 12.5 Å². The van der Waals surface area contributed by atoms with Gasteiger partial charge in [0.15, 0.2) is 0 Å². The van der Waals surface area contributed by atoms with Crippen LogP contribution in [-0.2, 0) is 6.54 Å². The first-order valence-electron chi connectivity index (χ1n) is 7.25. The standard InChI is InChI=1S/C17H18F3NO3/c1-23-14-8-4-13(5-9-14)16(22)11-21-10-12-2-6-15(7-3-12)24-17(18,19)20/h2-9,16,21-22H,10-11H2,1H3. The molecule has 0 aliphatic carbocycles. The number of ether oxygens (including phenoxy) is 2. The number of aliphatic hydroxyl groups is 1. The molecular formula is C17H18F3NO3. The molecule has 0 amide bonds. The Morgan fingerprint density at radius 1 is 1.00 bits per heavy atom. The molecule has 0 spiro atoms. The van der Waals surface area contributed by atoms with Gasteiger partial charge >= 0.3 is 6.36 Å². The molecule has 0 heterocycles. The Hall–Kier alpha value is -2.25. The third-order valence-electron chi connectivity index (χ3n) is 3.32. The van der Waals surface area contributed by atoms with Gasteiger partial charge in [-0.05, 0) is 35.4 Å². The SMILES string of the molecule is COc1ccc(C(O)CNCc2ccc(OC(F)(F)F)cc2)cc1. The van der Waals surface area contributed by atoms with Crippen LogP contribution in [0.3, 0.4) is 0 Å². The molecule has 2 N–H and O–H groups in total. The van der Waals surface area contributed by atoms with Crippen LogP contribution < -0.4 is 14.8 Å². The van der Waals surface area contributed by atoms with E-state index in [1.807, 2.05) is 0 Å². The Labute approximate surface area is 137 Å². The summed E-state index contributed by atoms with van der Waals surface area (Å²) in [6.45, 7) is 0.729. The van der Waals surface area contributed by atoms with Gasteiger partial charge in [0.2, 0.25) is 0 Å². The first kappa shape index (κ1) is 18.1. The molecule has 0 aliphatic heterocycles. The molecule has 0 aromatic heterocycles. The van der Waals surface area contributed by atoms with E-state index >= 15 is 0 Å². The molecule has 2 aromatic carbocycles. The lowest BCUT2D eigenvalue weighted by Gasteiger charge is -2.13. The summed E-state index contributed by atoms with van der Waals surface area (Å²) < 4.78 is 45.1. The second-order valence-electron chi connectivity index (χ2n) is 5.11. The molecule has 7 heteroatoms. The molecule has 130 valence electrons. The summed E-state index contributed by atoms with van der Waals surface area (Å²) in [5.74, 6) is 0.449. The van der Waals surface area contributed by atoms with Crippen molar-refractivity contribution in [3.63, 3.8) is 0 Å². The second-order valence-corrected chi connectivity index (χ2v) is 5.11. The van der Waals surface area contributed by atoms with E-state index in [9.17, 15) is 18.3 Å². The molecule has 1 unspecified atom stereocenters. The highest BCUT2D eigenvalue weighted by atomic mass is 19.4. The molecule has 24 heavy (non-hydrogen) atoms. The molecule has 4 nitrogen and oxygen atoms in total. The van der Waals surface area contributed by atoms with Gasteiger partial charge in [-0.25, -0.2) is 0 Å². The number of halogens is 3. The van der Waals surface area contributed by atoms with Crippen LogP contribution in [0, 0.1) is 0 Å². The number of nitrogens with one attached hydrogen (secondary N) is 1. The number of aliphatic hydroxyl groups excluding tert-OH is 1. The lowest BCUT2D eigenvalue weighted by atomic mass is 10.1. The smallest absolute Gasteiger partial charge is 0.497 e. The summed E-state index contributed by atoms with van der Waals surface area (Å²) in [5, 5.41) is 13.1. The number of rotatable bonds is 7. The zero-order chi connectivity index (χ0) is 17.6. The van der Waals surface area contributed by atoms with Crippen molar-refractivity contribution in [1.82, 2.24) is 5.32 Å². The van der Waals surface area contributed by atoms with Crippen molar-refractivity contribution in [2.75, 3.05) is 13.7 Å². The van der Waals surface area contributed by atoms with Crippen LogP contribution in [0.15, 0.2) is 48.5 Å². The monoisotopic (exact) mass is 341 g/mol. The lowest BCUT2D eigenvalue weighted by Crippen LogP contribution is -2.21. The zero-order valence-corrected chi connectivity index (χ0v) is 13.0. The molecule has 1 atom stereocenters. The summed E-state index contributed by atoms with van der Waals surface area (Å²) in [5.41, 5.74) is 1.53. The van der Waals surface area contributed by atoms with E-state index in [0.29, 0.717) is 18.8 Å². The first-order valence-corrected chi connectivity index (χ1v) is 7.25. The van der Waals surface area contributed by atoms with Crippen LogP contribution in [0.25, 0.3) is 0 Å². The maximum absolute atomic E-state index is 12.1. The fourth-order valence-electron chi connectivity index (χ4n) is 2.11. The maximum atomic E-state index is 12.1. The number of benzene rings is 2. The van der Waals surface area contributed by atoms with Crippen molar-refractivity contribution in [3.05, 3.63) is 59.7 Å². The minimum Gasteiger partial charge on any atom is -0.497 e. The average molecular weight is 341 g/mol. The zero-order valence-electron chi connectivity index (χ0n) is 13.0. The van der Waals surface area contributed by atoms with Crippen LogP contribution in [-0.4, -0.2) is 25.1 Å².